The molecule has 0 aliphatic carbocycles. The van der Waals surface area contributed by atoms with Crippen molar-refractivity contribution >= 4 is 22.5 Å². The van der Waals surface area contributed by atoms with Crippen molar-refractivity contribution in [1.82, 2.24) is 9.55 Å². The lowest BCUT2D eigenvalue weighted by molar-refractivity contribution is -0.122. The zero-order valence-corrected chi connectivity index (χ0v) is 18.3. The number of hydrogen-bond acceptors (Lipinski definition) is 4. The van der Waals surface area contributed by atoms with Gasteiger partial charge in [0.2, 0.25) is 0 Å². The van der Waals surface area contributed by atoms with Crippen LogP contribution in [0.2, 0.25) is 0 Å². The number of carbonyl (C=O) groups excluding carboxylic acids is 1. The van der Waals surface area contributed by atoms with Crippen LogP contribution in [0.15, 0.2) is 77.6 Å². The maximum atomic E-state index is 13.0. The van der Waals surface area contributed by atoms with Crippen LogP contribution in [-0.2, 0) is 11.2 Å². The molecule has 6 heteroatoms. The summed E-state index contributed by atoms with van der Waals surface area (Å²) in [7, 11) is 0. The lowest BCUT2D eigenvalue weighted by Gasteiger charge is -2.16. The zero-order chi connectivity index (χ0) is 22.7. The van der Waals surface area contributed by atoms with Crippen LogP contribution in [0.3, 0.4) is 0 Å². The Labute approximate surface area is 186 Å². The summed E-state index contributed by atoms with van der Waals surface area (Å²) in [6.45, 7) is 5.60. The molecule has 0 radical (unpaired) electrons. The number of benzene rings is 3. The molecule has 0 bridgehead atoms. The molecule has 32 heavy (non-hydrogen) atoms. The second-order valence-electron chi connectivity index (χ2n) is 7.61. The SMILES string of the molecule is CCc1ccc(OC(C)C(=O)Nc2ccc(-n3c(C)nc4ccccc4c3=O)cc2)cc1. The van der Waals surface area contributed by atoms with Gasteiger partial charge in [-0.1, -0.05) is 31.2 Å². The van der Waals surface area contributed by atoms with Gasteiger partial charge in [0.05, 0.1) is 16.6 Å². The van der Waals surface area contributed by atoms with E-state index in [2.05, 4.69) is 17.2 Å². The maximum absolute atomic E-state index is 13.0. The first kappa shape index (κ1) is 21.3. The Balaban J connectivity index is 1.48. The molecule has 1 aromatic heterocycles. The van der Waals surface area contributed by atoms with Crippen molar-refractivity contribution in [2.24, 2.45) is 0 Å². The Kier molecular flexibility index (Phi) is 6.03. The highest BCUT2D eigenvalue weighted by Gasteiger charge is 2.15. The van der Waals surface area contributed by atoms with Crippen LogP contribution in [0.1, 0.15) is 25.2 Å². The molecule has 1 atom stereocenters. The van der Waals surface area contributed by atoms with Crippen molar-refractivity contribution in [2.75, 3.05) is 5.32 Å². The number of hydrogen-bond donors (Lipinski definition) is 1. The van der Waals surface area contributed by atoms with Gasteiger partial charge in [0.1, 0.15) is 11.6 Å². The fourth-order valence-electron chi connectivity index (χ4n) is 3.55. The van der Waals surface area contributed by atoms with Crippen molar-refractivity contribution in [3.05, 3.63) is 94.5 Å². The van der Waals surface area contributed by atoms with Crippen molar-refractivity contribution in [1.29, 1.82) is 0 Å². The molecule has 0 saturated heterocycles. The lowest BCUT2D eigenvalue weighted by Crippen LogP contribution is -2.30. The van der Waals surface area contributed by atoms with E-state index in [1.165, 1.54) is 5.56 Å². The van der Waals surface area contributed by atoms with E-state index in [1.807, 2.05) is 42.5 Å². The second kappa shape index (κ2) is 9.06. The smallest absolute Gasteiger partial charge is 0.265 e. The van der Waals surface area contributed by atoms with Gasteiger partial charge in [0.25, 0.3) is 11.5 Å². The summed E-state index contributed by atoms with van der Waals surface area (Å²) in [4.78, 5) is 30.0. The molecule has 1 amide bonds. The number of amides is 1. The van der Waals surface area contributed by atoms with Gasteiger partial charge < -0.3 is 10.1 Å². The van der Waals surface area contributed by atoms with Crippen molar-refractivity contribution in [3.63, 3.8) is 0 Å². The summed E-state index contributed by atoms with van der Waals surface area (Å²) in [5, 5.41) is 3.42. The number of aryl methyl sites for hydroxylation is 2. The quantitative estimate of drug-likeness (QED) is 0.486. The largest absolute Gasteiger partial charge is 0.481 e. The molecule has 6 nitrogen and oxygen atoms in total. The third-order valence-corrected chi connectivity index (χ3v) is 5.35. The van der Waals surface area contributed by atoms with Gasteiger partial charge in [-0.15, -0.1) is 0 Å². The van der Waals surface area contributed by atoms with E-state index in [0.29, 0.717) is 33.9 Å². The van der Waals surface area contributed by atoms with Gasteiger partial charge in [-0.05, 0) is 74.4 Å². The van der Waals surface area contributed by atoms with Gasteiger partial charge in [0, 0.05) is 5.69 Å². The number of nitrogens with one attached hydrogen (secondary N) is 1. The zero-order valence-electron chi connectivity index (χ0n) is 18.3. The third kappa shape index (κ3) is 4.39. The molecular weight excluding hydrogens is 402 g/mol. The predicted molar refractivity (Wildman–Crippen MR) is 127 cm³/mol. The van der Waals surface area contributed by atoms with Gasteiger partial charge in [-0.25, -0.2) is 4.98 Å². The molecule has 162 valence electrons. The monoisotopic (exact) mass is 427 g/mol. The molecule has 0 fully saturated rings. The van der Waals surface area contributed by atoms with E-state index < -0.39 is 6.10 Å². The first-order valence-electron chi connectivity index (χ1n) is 10.6. The predicted octanol–water partition coefficient (Wildman–Crippen LogP) is 4.66. The Morgan fingerprint density at radius 3 is 2.41 bits per heavy atom. The summed E-state index contributed by atoms with van der Waals surface area (Å²) in [5.74, 6) is 0.999. The van der Waals surface area contributed by atoms with Crippen LogP contribution in [0.4, 0.5) is 5.69 Å². The molecule has 3 aromatic carbocycles. The molecule has 1 N–H and O–H groups in total. The fourth-order valence-corrected chi connectivity index (χ4v) is 3.55. The van der Waals surface area contributed by atoms with Gasteiger partial charge in [0.15, 0.2) is 6.10 Å². The number of aromatic nitrogens is 2. The van der Waals surface area contributed by atoms with Crippen molar-refractivity contribution < 1.29 is 9.53 Å². The molecule has 0 spiro atoms. The van der Waals surface area contributed by atoms with Gasteiger partial charge in [-0.2, -0.15) is 0 Å². The molecule has 4 rings (SSSR count). The number of rotatable bonds is 6. The molecule has 0 aliphatic rings. The minimum absolute atomic E-state index is 0.124. The van der Waals surface area contributed by atoms with E-state index in [1.54, 1.807) is 48.7 Å². The highest BCUT2D eigenvalue weighted by Crippen LogP contribution is 2.18. The average Bonchev–Trinajstić information content (AvgIpc) is 2.80. The van der Waals surface area contributed by atoms with E-state index in [4.69, 9.17) is 4.74 Å². The number of carbonyl (C=O) groups is 1. The van der Waals surface area contributed by atoms with E-state index >= 15 is 0 Å². The number of fused-ring (bicyclic) bond motifs is 1. The van der Waals surface area contributed by atoms with Crippen LogP contribution < -0.4 is 15.6 Å². The summed E-state index contributed by atoms with van der Waals surface area (Å²) >= 11 is 0. The molecule has 4 aromatic rings. The van der Waals surface area contributed by atoms with Crippen LogP contribution in [0.25, 0.3) is 16.6 Å². The lowest BCUT2D eigenvalue weighted by atomic mass is 10.2. The summed E-state index contributed by atoms with van der Waals surface area (Å²) < 4.78 is 7.32. The molecule has 0 aliphatic heterocycles. The number of nitrogens with zero attached hydrogens (tertiary/aromatic N) is 2. The number of ether oxygens (including phenoxy) is 1. The van der Waals surface area contributed by atoms with Crippen LogP contribution in [-0.4, -0.2) is 21.6 Å². The topological polar surface area (TPSA) is 73.2 Å². The Morgan fingerprint density at radius 2 is 1.72 bits per heavy atom. The highest BCUT2D eigenvalue weighted by atomic mass is 16.5. The van der Waals surface area contributed by atoms with Crippen LogP contribution in [0.5, 0.6) is 5.75 Å². The van der Waals surface area contributed by atoms with E-state index in [9.17, 15) is 9.59 Å². The summed E-state index contributed by atoms with van der Waals surface area (Å²) in [6, 6.07) is 22.1. The minimum atomic E-state index is -0.656. The van der Waals surface area contributed by atoms with E-state index in [-0.39, 0.29) is 11.5 Å². The van der Waals surface area contributed by atoms with Gasteiger partial charge >= 0.3 is 0 Å². The Bertz CT molecular complexity index is 1310. The average molecular weight is 428 g/mol. The first-order valence-corrected chi connectivity index (χ1v) is 10.6. The van der Waals surface area contributed by atoms with E-state index in [0.717, 1.165) is 6.42 Å². The number of anilines is 1. The van der Waals surface area contributed by atoms with Crippen molar-refractivity contribution in [2.45, 2.75) is 33.3 Å². The molecule has 1 heterocycles. The molecule has 1 unspecified atom stereocenters. The van der Waals surface area contributed by atoms with Crippen LogP contribution >= 0.6 is 0 Å². The maximum Gasteiger partial charge on any atom is 0.265 e. The highest BCUT2D eigenvalue weighted by molar-refractivity contribution is 5.94. The fraction of sp³-hybridized carbons (Fsp3) is 0.192. The van der Waals surface area contributed by atoms with Gasteiger partial charge in [-0.3, -0.25) is 14.2 Å². The minimum Gasteiger partial charge on any atom is -0.481 e. The van der Waals surface area contributed by atoms with Crippen LogP contribution in [0, 0.1) is 6.92 Å². The standard InChI is InChI=1S/C26H25N3O3/c1-4-19-9-15-22(16-10-19)32-17(2)25(30)28-20-11-13-21(14-12-20)29-18(3)27-24-8-6-5-7-23(24)26(29)31/h5-17H,4H2,1-3H3,(H,28,30). The Morgan fingerprint density at radius 1 is 1.03 bits per heavy atom. The second-order valence-corrected chi connectivity index (χ2v) is 7.61. The Hall–Kier alpha value is -3.93. The normalized spacial score (nSPS) is 11.8. The summed E-state index contributed by atoms with van der Waals surface area (Å²) in [6.07, 6.45) is 0.296. The first-order chi connectivity index (χ1) is 15.5. The molecular formula is C26H25N3O3. The molecule has 0 saturated carbocycles. The summed E-state index contributed by atoms with van der Waals surface area (Å²) in [5.41, 5.74) is 3.07. The van der Waals surface area contributed by atoms with Crippen molar-refractivity contribution in [3.8, 4) is 11.4 Å². The number of para-hydroxylation sites is 1. The third-order valence-electron chi connectivity index (χ3n) is 5.35.